The highest BCUT2D eigenvalue weighted by atomic mass is 16.5. The Bertz CT molecular complexity index is 856. The molecule has 0 atom stereocenters. The van der Waals surface area contributed by atoms with Gasteiger partial charge in [-0.25, -0.2) is 9.59 Å². The fourth-order valence-electron chi connectivity index (χ4n) is 1.75. The molecule has 0 N–H and O–H groups in total. The average molecular weight is 294 g/mol. The first-order valence-corrected chi connectivity index (χ1v) is 6.12. The standard InChI is InChI=1S/C11H14N6O4/c1-5-21-10(19)6(2)13-17-8-7(12-14-17)9(18)16(4)11(20)15(8)3/h5H2,1-4H3. The minimum absolute atomic E-state index is 0.0139. The summed E-state index contributed by atoms with van der Waals surface area (Å²) < 4.78 is 6.89. The lowest BCUT2D eigenvalue weighted by atomic mass is 10.4. The smallest absolute Gasteiger partial charge is 0.354 e. The van der Waals surface area contributed by atoms with Crippen LogP contribution in [0, 0.1) is 0 Å². The normalized spacial score (nSPS) is 11.9. The second-order valence-electron chi connectivity index (χ2n) is 4.26. The monoisotopic (exact) mass is 294 g/mol. The Hall–Kier alpha value is -2.78. The summed E-state index contributed by atoms with van der Waals surface area (Å²) in [5, 5.41) is 11.3. The summed E-state index contributed by atoms with van der Waals surface area (Å²) >= 11 is 0. The molecule has 2 aromatic heterocycles. The van der Waals surface area contributed by atoms with Crippen LogP contribution in [0.1, 0.15) is 13.8 Å². The number of aromatic nitrogens is 5. The van der Waals surface area contributed by atoms with E-state index in [4.69, 9.17) is 4.74 Å². The van der Waals surface area contributed by atoms with Crippen LogP contribution in [0.5, 0.6) is 0 Å². The summed E-state index contributed by atoms with van der Waals surface area (Å²) in [6.45, 7) is 3.32. The zero-order valence-corrected chi connectivity index (χ0v) is 12.0. The molecule has 0 aliphatic rings. The van der Waals surface area contributed by atoms with Crippen LogP contribution in [0.2, 0.25) is 0 Å². The summed E-state index contributed by atoms with van der Waals surface area (Å²) in [5.74, 6) is -0.616. The topological polar surface area (TPSA) is 113 Å². The van der Waals surface area contributed by atoms with Crippen molar-refractivity contribution in [3.8, 4) is 0 Å². The minimum atomic E-state index is -0.616. The van der Waals surface area contributed by atoms with Crippen molar-refractivity contribution in [2.75, 3.05) is 6.61 Å². The highest BCUT2D eigenvalue weighted by molar-refractivity contribution is 6.35. The Kier molecular flexibility index (Phi) is 3.70. The lowest BCUT2D eigenvalue weighted by Crippen LogP contribution is -2.37. The first-order chi connectivity index (χ1) is 9.88. The molecular weight excluding hydrogens is 280 g/mol. The van der Waals surface area contributed by atoms with Gasteiger partial charge in [-0.05, 0) is 19.1 Å². The third-order valence-electron chi connectivity index (χ3n) is 2.85. The number of carbonyl (C=O) groups excluding carboxylic acids is 1. The van der Waals surface area contributed by atoms with E-state index in [1.807, 2.05) is 0 Å². The van der Waals surface area contributed by atoms with E-state index < -0.39 is 17.2 Å². The molecule has 0 saturated carbocycles. The van der Waals surface area contributed by atoms with Gasteiger partial charge < -0.3 is 4.74 Å². The third kappa shape index (κ3) is 2.35. The molecule has 0 aliphatic carbocycles. The number of nitrogens with zero attached hydrogens (tertiary/aromatic N) is 6. The van der Waals surface area contributed by atoms with Crippen LogP contribution in [0.15, 0.2) is 14.7 Å². The summed E-state index contributed by atoms with van der Waals surface area (Å²) in [6.07, 6.45) is 0. The third-order valence-corrected chi connectivity index (χ3v) is 2.85. The maximum atomic E-state index is 11.9. The van der Waals surface area contributed by atoms with E-state index in [1.54, 1.807) is 6.92 Å². The molecule has 112 valence electrons. The zero-order valence-electron chi connectivity index (χ0n) is 12.0. The Balaban J connectivity index is 2.68. The van der Waals surface area contributed by atoms with Crippen molar-refractivity contribution >= 4 is 22.8 Å². The van der Waals surface area contributed by atoms with E-state index in [0.29, 0.717) is 0 Å². The van der Waals surface area contributed by atoms with E-state index in [0.717, 1.165) is 9.36 Å². The minimum Gasteiger partial charge on any atom is -0.461 e. The first kappa shape index (κ1) is 14.6. The van der Waals surface area contributed by atoms with Crippen LogP contribution in [-0.2, 0) is 23.6 Å². The zero-order chi connectivity index (χ0) is 15.7. The molecule has 0 aromatic carbocycles. The fraction of sp³-hybridized carbons (Fsp3) is 0.455. The number of esters is 1. The molecule has 0 fully saturated rings. The van der Waals surface area contributed by atoms with Crippen molar-refractivity contribution < 1.29 is 9.53 Å². The fourth-order valence-corrected chi connectivity index (χ4v) is 1.75. The van der Waals surface area contributed by atoms with Crippen molar-refractivity contribution in [1.82, 2.24) is 24.2 Å². The van der Waals surface area contributed by atoms with Crippen LogP contribution in [-0.4, -0.2) is 42.5 Å². The molecule has 0 saturated heterocycles. The number of hydrogen-bond donors (Lipinski definition) is 0. The Morgan fingerprint density at radius 2 is 1.95 bits per heavy atom. The Labute approximate surface area is 118 Å². The molecule has 0 spiro atoms. The van der Waals surface area contributed by atoms with Crippen molar-refractivity contribution in [3.05, 3.63) is 20.8 Å². The Morgan fingerprint density at radius 3 is 2.57 bits per heavy atom. The molecule has 2 rings (SSSR count). The first-order valence-electron chi connectivity index (χ1n) is 6.12. The van der Waals surface area contributed by atoms with E-state index in [9.17, 15) is 14.4 Å². The SMILES string of the molecule is CCOC(=O)C(C)=Nn1nnc2c(=O)n(C)c(=O)n(C)c21. The molecule has 2 aromatic rings. The summed E-state index contributed by atoms with van der Waals surface area (Å²) in [6, 6.07) is 0. The number of fused-ring (bicyclic) bond motifs is 1. The largest absolute Gasteiger partial charge is 0.461 e. The van der Waals surface area contributed by atoms with Gasteiger partial charge in [-0.2, -0.15) is 0 Å². The lowest BCUT2D eigenvalue weighted by molar-refractivity contribution is -0.135. The van der Waals surface area contributed by atoms with Crippen molar-refractivity contribution in [3.63, 3.8) is 0 Å². The van der Waals surface area contributed by atoms with Gasteiger partial charge in [-0.3, -0.25) is 13.9 Å². The number of rotatable bonds is 3. The van der Waals surface area contributed by atoms with Crippen molar-refractivity contribution in [2.45, 2.75) is 13.8 Å². The predicted molar refractivity (Wildman–Crippen MR) is 73.2 cm³/mol. The molecule has 0 aliphatic heterocycles. The van der Waals surface area contributed by atoms with Gasteiger partial charge in [0.15, 0.2) is 11.2 Å². The number of carbonyl (C=O) groups is 1. The molecular formula is C11H14N6O4. The number of hydrogen-bond acceptors (Lipinski definition) is 7. The molecule has 2 heterocycles. The average Bonchev–Trinajstić information content (AvgIpc) is 2.86. The second kappa shape index (κ2) is 5.31. The van der Waals surface area contributed by atoms with Gasteiger partial charge in [0.2, 0.25) is 0 Å². The predicted octanol–water partition coefficient (Wildman–Crippen LogP) is -1.38. The molecule has 0 radical (unpaired) electrons. The molecule has 0 amide bonds. The molecule has 0 unspecified atom stereocenters. The van der Waals surface area contributed by atoms with Gasteiger partial charge in [0, 0.05) is 14.1 Å². The van der Waals surface area contributed by atoms with Gasteiger partial charge in [-0.15, -0.1) is 15.0 Å². The van der Waals surface area contributed by atoms with E-state index >= 15 is 0 Å². The highest BCUT2D eigenvalue weighted by Gasteiger charge is 2.16. The highest BCUT2D eigenvalue weighted by Crippen LogP contribution is 2.03. The van der Waals surface area contributed by atoms with Gasteiger partial charge in [0.1, 0.15) is 5.71 Å². The maximum Gasteiger partial charge on any atom is 0.354 e. The van der Waals surface area contributed by atoms with Gasteiger partial charge in [-0.1, -0.05) is 0 Å². The van der Waals surface area contributed by atoms with E-state index in [-0.39, 0.29) is 23.5 Å². The van der Waals surface area contributed by atoms with Crippen LogP contribution in [0.25, 0.3) is 11.2 Å². The van der Waals surface area contributed by atoms with Gasteiger partial charge in [0.05, 0.1) is 6.61 Å². The second-order valence-corrected chi connectivity index (χ2v) is 4.26. The van der Waals surface area contributed by atoms with Gasteiger partial charge in [0.25, 0.3) is 5.56 Å². The maximum absolute atomic E-state index is 11.9. The molecule has 21 heavy (non-hydrogen) atoms. The lowest BCUT2D eigenvalue weighted by Gasteiger charge is -2.04. The Morgan fingerprint density at radius 1 is 1.29 bits per heavy atom. The summed E-state index contributed by atoms with van der Waals surface area (Å²) in [7, 11) is 2.80. The van der Waals surface area contributed by atoms with Crippen molar-refractivity contribution in [1.29, 1.82) is 0 Å². The van der Waals surface area contributed by atoms with E-state index in [1.165, 1.54) is 25.6 Å². The summed E-state index contributed by atoms with van der Waals surface area (Å²) in [4.78, 5) is 36.3. The summed E-state index contributed by atoms with van der Waals surface area (Å²) in [5.41, 5.74) is -1.01. The molecule has 10 heteroatoms. The van der Waals surface area contributed by atoms with Crippen LogP contribution < -0.4 is 11.2 Å². The molecule has 0 bridgehead atoms. The molecule has 10 nitrogen and oxygen atoms in total. The number of ether oxygens (including phenoxy) is 1. The van der Waals surface area contributed by atoms with Gasteiger partial charge >= 0.3 is 11.7 Å². The van der Waals surface area contributed by atoms with Crippen LogP contribution in [0.4, 0.5) is 0 Å². The van der Waals surface area contributed by atoms with Crippen LogP contribution in [0.3, 0.4) is 0 Å². The van der Waals surface area contributed by atoms with Crippen molar-refractivity contribution in [2.24, 2.45) is 19.2 Å². The van der Waals surface area contributed by atoms with Crippen LogP contribution >= 0.6 is 0 Å². The number of aryl methyl sites for hydroxylation is 1. The quantitative estimate of drug-likeness (QED) is 0.509. The van der Waals surface area contributed by atoms with E-state index in [2.05, 4.69) is 15.4 Å².